The van der Waals surface area contributed by atoms with E-state index in [4.69, 9.17) is 9.84 Å². The molecule has 0 saturated heterocycles. The molecule has 1 aromatic heterocycles. The van der Waals surface area contributed by atoms with Crippen LogP contribution in [0.5, 0.6) is 5.75 Å². The predicted molar refractivity (Wildman–Crippen MR) is 93.2 cm³/mol. The maximum absolute atomic E-state index is 12.8. The van der Waals surface area contributed by atoms with Crippen molar-refractivity contribution in [3.63, 3.8) is 0 Å². The third-order valence-corrected chi connectivity index (χ3v) is 3.61. The molecule has 1 aromatic carbocycles. The zero-order valence-electron chi connectivity index (χ0n) is 14.7. The molecule has 25 heavy (non-hydrogen) atoms. The number of carboxylic acids is 1. The number of carbonyl (C=O) groups is 2. The maximum Gasteiger partial charge on any atom is 0.341 e. The summed E-state index contributed by atoms with van der Waals surface area (Å²) >= 11 is 0. The van der Waals surface area contributed by atoms with Crippen LogP contribution in [-0.2, 0) is 4.79 Å². The molecule has 0 fully saturated rings. The van der Waals surface area contributed by atoms with Crippen LogP contribution in [0.1, 0.15) is 41.6 Å². The first-order valence-corrected chi connectivity index (χ1v) is 7.86. The third kappa shape index (κ3) is 4.53. The lowest BCUT2D eigenvalue weighted by Gasteiger charge is -2.20. The van der Waals surface area contributed by atoms with Crippen LogP contribution < -0.4 is 9.64 Å². The number of aliphatic carboxylic acids is 1. The molecular formula is C18H21N3O4. The van der Waals surface area contributed by atoms with Gasteiger partial charge in [-0.15, -0.1) is 0 Å². The molecule has 1 heterocycles. The fraction of sp³-hybridized carbons (Fsp3) is 0.333. The van der Waals surface area contributed by atoms with E-state index in [1.165, 1.54) is 4.90 Å². The van der Waals surface area contributed by atoms with Crippen LogP contribution in [-0.4, -0.2) is 40.6 Å². The van der Waals surface area contributed by atoms with Crippen molar-refractivity contribution in [1.29, 1.82) is 0 Å². The Morgan fingerprint density at radius 3 is 2.44 bits per heavy atom. The Bertz CT molecular complexity index is 772. The molecule has 0 aliphatic carbocycles. The Balaban J connectivity index is 2.21. The van der Waals surface area contributed by atoms with E-state index in [9.17, 15) is 9.59 Å². The van der Waals surface area contributed by atoms with E-state index in [2.05, 4.69) is 9.97 Å². The average molecular weight is 343 g/mol. The van der Waals surface area contributed by atoms with Gasteiger partial charge in [-0.2, -0.15) is 0 Å². The molecular weight excluding hydrogens is 322 g/mol. The molecule has 0 bridgehead atoms. The van der Waals surface area contributed by atoms with Crippen molar-refractivity contribution in [2.75, 3.05) is 18.6 Å². The van der Waals surface area contributed by atoms with Crippen LogP contribution >= 0.6 is 0 Å². The van der Waals surface area contributed by atoms with Crippen LogP contribution in [0.3, 0.4) is 0 Å². The first-order chi connectivity index (χ1) is 11.8. The summed E-state index contributed by atoms with van der Waals surface area (Å²) in [4.78, 5) is 33.4. The number of rotatable bonds is 6. The molecule has 132 valence electrons. The number of carboxylic acid groups (broad SMARTS) is 1. The van der Waals surface area contributed by atoms with Crippen molar-refractivity contribution in [2.24, 2.45) is 0 Å². The van der Waals surface area contributed by atoms with Gasteiger partial charge in [0.05, 0.1) is 11.3 Å². The summed E-state index contributed by atoms with van der Waals surface area (Å²) in [5.41, 5.74) is 1.84. The summed E-state index contributed by atoms with van der Waals surface area (Å²) in [6, 6.07) is 6.63. The summed E-state index contributed by atoms with van der Waals surface area (Å²) in [6.45, 7) is 5.34. The summed E-state index contributed by atoms with van der Waals surface area (Å²) in [7, 11) is 1.67. The monoisotopic (exact) mass is 343 g/mol. The van der Waals surface area contributed by atoms with Gasteiger partial charge in [-0.3, -0.25) is 4.79 Å². The summed E-state index contributed by atoms with van der Waals surface area (Å²) in [5, 5.41) is 8.62. The van der Waals surface area contributed by atoms with E-state index in [1.807, 2.05) is 13.8 Å². The highest BCUT2D eigenvalue weighted by atomic mass is 16.5. The minimum absolute atomic E-state index is 0.0980. The molecule has 7 heteroatoms. The number of hydrogen-bond acceptors (Lipinski definition) is 5. The Morgan fingerprint density at radius 1 is 1.24 bits per heavy atom. The summed E-state index contributed by atoms with van der Waals surface area (Å²) < 4.78 is 5.09. The van der Waals surface area contributed by atoms with Gasteiger partial charge in [0.25, 0.3) is 5.91 Å². The Labute approximate surface area is 146 Å². The Hall–Kier alpha value is -2.96. The number of carbonyl (C=O) groups excluding carboxylic acids is 1. The van der Waals surface area contributed by atoms with Gasteiger partial charge in [0.1, 0.15) is 11.6 Å². The highest BCUT2D eigenvalue weighted by molar-refractivity contribution is 6.06. The van der Waals surface area contributed by atoms with Gasteiger partial charge in [0, 0.05) is 18.9 Å². The standard InChI is InChI=1S/C18H21N3O4/c1-11(2)17-15(9-19-12(3)20-17)18(24)21(4)13-5-7-14(8-6-13)25-10-16(22)23/h5-9,11H,10H2,1-4H3,(H,22,23). The van der Waals surface area contributed by atoms with E-state index in [1.54, 1.807) is 44.4 Å². The second-order valence-electron chi connectivity index (χ2n) is 5.91. The van der Waals surface area contributed by atoms with Crippen LogP contribution in [0.2, 0.25) is 0 Å². The summed E-state index contributed by atoms with van der Waals surface area (Å²) in [6.07, 6.45) is 1.56. The molecule has 0 aliphatic rings. The zero-order valence-corrected chi connectivity index (χ0v) is 14.7. The van der Waals surface area contributed by atoms with Crippen LogP contribution in [0.25, 0.3) is 0 Å². The molecule has 2 aromatic rings. The van der Waals surface area contributed by atoms with Gasteiger partial charge in [0.2, 0.25) is 0 Å². The van der Waals surface area contributed by atoms with E-state index < -0.39 is 12.6 Å². The van der Waals surface area contributed by atoms with Crippen molar-refractivity contribution in [2.45, 2.75) is 26.7 Å². The molecule has 0 spiro atoms. The minimum atomic E-state index is -1.04. The van der Waals surface area contributed by atoms with E-state index in [0.717, 1.165) is 0 Å². The van der Waals surface area contributed by atoms with Crippen molar-refractivity contribution in [3.8, 4) is 5.75 Å². The second kappa shape index (κ2) is 7.74. The fourth-order valence-electron chi connectivity index (χ4n) is 2.30. The number of ether oxygens (including phenoxy) is 1. The molecule has 2 rings (SSSR count). The van der Waals surface area contributed by atoms with Crippen LogP contribution in [0.15, 0.2) is 30.5 Å². The first kappa shape index (κ1) is 18.4. The third-order valence-electron chi connectivity index (χ3n) is 3.61. The topological polar surface area (TPSA) is 92.6 Å². The SMILES string of the molecule is Cc1ncc(C(=O)N(C)c2ccc(OCC(=O)O)cc2)c(C(C)C)n1. The second-order valence-corrected chi connectivity index (χ2v) is 5.91. The van der Waals surface area contributed by atoms with E-state index in [-0.39, 0.29) is 11.8 Å². The number of anilines is 1. The molecule has 0 atom stereocenters. The van der Waals surface area contributed by atoms with E-state index >= 15 is 0 Å². The number of amides is 1. The minimum Gasteiger partial charge on any atom is -0.482 e. The van der Waals surface area contributed by atoms with Crippen molar-refractivity contribution >= 4 is 17.6 Å². The van der Waals surface area contributed by atoms with Crippen molar-refractivity contribution in [1.82, 2.24) is 9.97 Å². The number of aryl methyl sites for hydroxylation is 1. The lowest BCUT2D eigenvalue weighted by molar-refractivity contribution is -0.139. The molecule has 1 N–H and O–H groups in total. The summed E-state index contributed by atoms with van der Waals surface area (Å²) in [5.74, 6) is -0.0999. The number of benzene rings is 1. The largest absolute Gasteiger partial charge is 0.482 e. The normalized spacial score (nSPS) is 10.6. The number of hydrogen-bond donors (Lipinski definition) is 1. The molecule has 1 amide bonds. The highest BCUT2D eigenvalue weighted by Crippen LogP contribution is 2.23. The molecule has 0 unspecified atom stereocenters. The Kier molecular flexibility index (Phi) is 5.69. The van der Waals surface area contributed by atoms with Crippen LogP contribution in [0, 0.1) is 6.92 Å². The average Bonchev–Trinajstić information content (AvgIpc) is 2.59. The van der Waals surface area contributed by atoms with E-state index in [0.29, 0.717) is 28.5 Å². The molecule has 7 nitrogen and oxygen atoms in total. The van der Waals surface area contributed by atoms with Gasteiger partial charge in [-0.05, 0) is 37.1 Å². The van der Waals surface area contributed by atoms with Gasteiger partial charge < -0.3 is 14.7 Å². The predicted octanol–water partition coefficient (Wildman–Crippen LogP) is 2.65. The molecule has 0 saturated carbocycles. The lowest BCUT2D eigenvalue weighted by atomic mass is 10.0. The fourth-order valence-corrected chi connectivity index (χ4v) is 2.30. The van der Waals surface area contributed by atoms with Gasteiger partial charge in [0.15, 0.2) is 6.61 Å². The van der Waals surface area contributed by atoms with Crippen molar-refractivity contribution in [3.05, 3.63) is 47.5 Å². The van der Waals surface area contributed by atoms with Gasteiger partial charge in [-0.1, -0.05) is 13.8 Å². The quantitative estimate of drug-likeness (QED) is 0.867. The number of nitrogens with zero attached hydrogens (tertiary/aromatic N) is 3. The zero-order chi connectivity index (χ0) is 18.6. The van der Waals surface area contributed by atoms with Gasteiger partial charge in [-0.25, -0.2) is 14.8 Å². The smallest absolute Gasteiger partial charge is 0.341 e. The Morgan fingerprint density at radius 2 is 1.88 bits per heavy atom. The maximum atomic E-state index is 12.8. The molecule has 0 radical (unpaired) electrons. The first-order valence-electron chi connectivity index (χ1n) is 7.86. The van der Waals surface area contributed by atoms with Crippen LogP contribution in [0.4, 0.5) is 5.69 Å². The number of aromatic nitrogens is 2. The van der Waals surface area contributed by atoms with Gasteiger partial charge >= 0.3 is 5.97 Å². The highest BCUT2D eigenvalue weighted by Gasteiger charge is 2.20. The van der Waals surface area contributed by atoms with Crippen molar-refractivity contribution < 1.29 is 19.4 Å². The molecule has 0 aliphatic heterocycles. The lowest BCUT2D eigenvalue weighted by Crippen LogP contribution is -2.28.